The van der Waals surface area contributed by atoms with Crippen LogP contribution in [-0.4, -0.2) is 38.0 Å². The molecule has 0 amide bonds. The summed E-state index contributed by atoms with van der Waals surface area (Å²) >= 11 is 0. The number of carbonyl (C=O) groups excluding carboxylic acids is 1. The molecule has 110 valence electrons. The summed E-state index contributed by atoms with van der Waals surface area (Å²) in [6.07, 6.45) is 0.952. The Morgan fingerprint density at radius 1 is 1.20 bits per heavy atom. The van der Waals surface area contributed by atoms with Crippen molar-refractivity contribution in [2.24, 2.45) is 7.05 Å². The molecular weight excluding hydrogens is 270 g/mol. The molecule has 0 fully saturated rings. The highest BCUT2D eigenvalue weighted by Gasteiger charge is 2.12. The van der Waals surface area contributed by atoms with E-state index >= 15 is 0 Å². The van der Waals surface area contributed by atoms with Gasteiger partial charge in [0.2, 0.25) is 0 Å². The molecule has 0 saturated heterocycles. The number of esters is 1. The van der Waals surface area contributed by atoms with Gasteiger partial charge in [-0.05, 0) is 0 Å². The van der Waals surface area contributed by atoms with Crippen molar-refractivity contribution in [2.75, 3.05) is 13.2 Å². The van der Waals surface area contributed by atoms with Gasteiger partial charge in [0.15, 0.2) is 0 Å². The molecule has 9 nitrogen and oxygen atoms in total. The first-order valence-corrected chi connectivity index (χ1v) is 5.74. The third kappa shape index (κ3) is 3.12. The molecular formula is C11H15N3O6. The Morgan fingerprint density at radius 2 is 1.75 bits per heavy atom. The highest BCUT2D eigenvalue weighted by Crippen LogP contribution is 1.81. The van der Waals surface area contributed by atoms with Gasteiger partial charge in [0.05, 0.1) is 19.7 Å². The number of hydrogen-bond acceptors (Lipinski definition) is 6. The normalized spacial score (nSPS) is 10.3. The molecule has 0 unspecified atom stereocenters. The Bertz CT molecular complexity index is 681. The Morgan fingerprint density at radius 3 is 2.25 bits per heavy atom. The highest BCUT2D eigenvalue weighted by atomic mass is 16.5. The maximum atomic E-state index is 11.9. The minimum Gasteiger partial charge on any atom is -0.461 e. The lowest BCUT2D eigenvalue weighted by atomic mass is 10.6. The van der Waals surface area contributed by atoms with Gasteiger partial charge in [-0.2, -0.15) is 0 Å². The van der Waals surface area contributed by atoms with E-state index in [1.807, 2.05) is 0 Å². The second-order valence-corrected chi connectivity index (χ2v) is 3.81. The van der Waals surface area contributed by atoms with Gasteiger partial charge in [-0.25, -0.2) is 32.9 Å². The molecule has 0 bridgehead atoms. The lowest BCUT2D eigenvalue weighted by Gasteiger charge is -2.10. The van der Waals surface area contributed by atoms with Gasteiger partial charge >= 0.3 is 23.0 Å². The zero-order valence-corrected chi connectivity index (χ0v) is 10.9. The van der Waals surface area contributed by atoms with Crippen LogP contribution in [0.25, 0.3) is 0 Å². The van der Waals surface area contributed by atoms with Crippen LogP contribution in [0.1, 0.15) is 0 Å². The van der Waals surface area contributed by atoms with Crippen LogP contribution in [0.5, 0.6) is 0 Å². The minimum absolute atomic E-state index is 0.198. The van der Waals surface area contributed by atoms with Crippen LogP contribution in [0.4, 0.5) is 0 Å². The average Bonchev–Trinajstić information content (AvgIpc) is 2.44. The van der Waals surface area contributed by atoms with Gasteiger partial charge in [-0.3, -0.25) is 0 Å². The number of carbonyl (C=O) groups is 1. The van der Waals surface area contributed by atoms with Gasteiger partial charge in [0.25, 0.3) is 0 Å². The topological polar surface area (TPSA) is 113 Å². The summed E-state index contributed by atoms with van der Waals surface area (Å²) in [5.74, 6) is -0.682. The number of nitrogens with zero attached hydrogens (tertiary/aromatic N) is 3. The first-order chi connectivity index (χ1) is 9.43. The molecule has 20 heavy (non-hydrogen) atoms. The standard InChI is InChI=1S/C11H15N3O6/c1-3-8(16)20-7-5-14-10(18)12(2)9(17)13(4-6-15)11(14)19/h3,15H,1,4-7H2,2H3. The molecule has 0 spiro atoms. The fraction of sp³-hybridized carbons (Fsp3) is 0.455. The summed E-state index contributed by atoms with van der Waals surface area (Å²) < 4.78 is 6.91. The van der Waals surface area contributed by atoms with E-state index in [0.717, 1.165) is 19.8 Å². The Labute approximate surface area is 113 Å². The second-order valence-electron chi connectivity index (χ2n) is 3.81. The van der Waals surface area contributed by atoms with Crippen molar-refractivity contribution < 1.29 is 14.6 Å². The van der Waals surface area contributed by atoms with Crippen LogP contribution in [0.2, 0.25) is 0 Å². The maximum Gasteiger partial charge on any atom is 0.336 e. The maximum absolute atomic E-state index is 11.9. The molecule has 1 heterocycles. The smallest absolute Gasteiger partial charge is 0.336 e. The molecule has 0 aliphatic heterocycles. The first-order valence-electron chi connectivity index (χ1n) is 5.74. The van der Waals surface area contributed by atoms with Crippen molar-refractivity contribution in [2.45, 2.75) is 13.1 Å². The lowest BCUT2D eigenvalue weighted by Crippen LogP contribution is -2.54. The van der Waals surface area contributed by atoms with Crippen LogP contribution in [0.15, 0.2) is 27.0 Å². The van der Waals surface area contributed by atoms with Crippen LogP contribution in [-0.2, 0) is 29.7 Å². The number of ether oxygens (including phenoxy) is 1. The van der Waals surface area contributed by atoms with E-state index in [0.29, 0.717) is 0 Å². The van der Waals surface area contributed by atoms with Crippen molar-refractivity contribution in [1.29, 1.82) is 0 Å². The number of rotatable bonds is 6. The Hall–Kier alpha value is -2.42. The molecule has 0 saturated carbocycles. The molecule has 9 heteroatoms. The van der Waals surface area contributed by atoms with Crippen molar-refractivity contribution in [3.63, 3.8) is 0 Å². The molecule has 0 aliphatic rings. The Balaban J connectivity index is 3.16. The van der Waals surface area contributed by atoms with Gasteiger partial charge in [0.1, 0.15) is 6.61 Å². The molecule has 1 aromatic heterocycles. The summed E-state index contributed by atoms with van der Waals surface area (Å²) in [7, 11) is 1.21. The van der Waals surface area contributed by atoms with Crippen LogP contribution < -0.4 is 17.1 Å². The largest absolute Gasteiger partial charge is 0.461 e. The average molecular weight is 285 g/mol. The van der Waals surface area contributed by atoms with Crippen LogP contribution in [0.3, 0.4) is 0 Å². The van der Waals surface area contributed by atoms with E-state index in [4.69, 9.17) is 5.11 Å². The number of aliphatic hydroxyl groups excluding tert-OH is 1. The van der Waals surface area contributed by atoms with Crippen LogP contribution in [0, 0.1) is 0 Å². The van der Waals surface area contributed by atoms with Gasteiger partial charge in [-0.1, -0.05) is 6.58 Å². The quantitative estimate of drug-likeness (QED) is 0.454. The van der Waals surface area contributed by atoms with Gasteiger partial charge < -0.3 is 9.84 Å². The SMILES string of the molecule is C=CC(=O)OCCn1c(=O)n(C)c(=O)n(CCO)c1=O. The summed E-state index contributed by atoms with van der Waals surface area (Å²) in [6.45, 7) is 2.15. The van der Waals surface area contributed by atoms with E-state index in [1.54, 1.807) is 0 Å². The zero-order valence-electron chi connectivity index (χ0n) is 10.9. The zero-order chi connectivity index (χ0) is 15.3. The Kier molecular flexibility index (Phi) is 5.21. The third-order valence-corrected chi connectivity index (χ3v) is 2.55. The molecule has 1 aromatic rings. The molecule has 0 atom stereocenters. The third-order valence-electron chi connectivity index (χ3n) is 2.55. The van der Waals surface area contributed by atoms with E-state index in [2.05, 4.69) is 11.3 Å². The van der Waals surface area contributed by atoms with Crippen molar-refractivity contribution in [3.8, 4) is 0 Å². The van der Waals surface area contributed by atoms with Crippen LogP contribution >= 0.6 is 0 Å². The molecule has 1 N–H and O–H groups in total. The summed E-state index contributed by atoms with van der Waals surface area (Å²) in [5.41, 5.74) is -2.49. The van der Waals surface area contributed by atoms with E-state index in [1.165, 1.54) is 7.05 Å². The number of hydrogen-bond donors (Lipinski definition) is 1. The molecule has 0 aromatic carbocycles. The van der Waals surface area contributed by atoms with Gasteiger partial charge in [0, 0.05) is 13.1 Å². The van der Waals surface area contributed by atoms with E-state index in [-0.39, 0.29) is 19.7 Å². The molecule has 0 aliphatic carbocycles. The number of aromatic nitrogens is 3. The van der Waals surface area contributed by atoms with Crippen molar-refractivity contribution in [1.82, 2.24) is 13.7 Å². The predicted molar refractivity (Wildman–Crippen MR) is 68.4 cm³/mol. The number of aliphatic hydroxyl groups is 1. The van der Waals surface area contributed by atoms with Crippen molar-refractivity contribution in [3.05, 3.63) is 44.1 Å². The van der Waals surface area contributed by atoms with Crippen molar-refractivity contribution >= 4 is 5.97 Å². The lowest BCUT2D eigenvalue weighted by molar-refractivity contribution is -0.138. The van der Waals surface area contributed by atoms with E-state index < -0.39 is 29.6 Å². The summed E-state index contributed by atoms with van der Waals surface area (Å²) in [4.78, 5) is 46.3. The first kappa shape index (κ1) is 15.6. The monoisotopic (exact) mass is 285 g/mol. The second kappa shape index (κ2) is 6.66. The fourth-order valence-corrected chi connectivity index (χ4v) is 1.53. The minimum atomic E-state index is -0.859. The summed E-state index contributed by atoms with van der Waals surface area (Å²) in [6, 6.07) is 0. The molecule has 1 rings (SSSR count). The predicted octanol–water partition coefficient (Wildman–Crippen LogP) is -2.57. The van der Waals surface area contributed by atoms with Gasteiger partial charge in [-0.15, -0.1) is 0 Å². The van der Waals surface area contributed by atoms with E-state index in [9.17, 15) is 19.2 Å². The summed E-state index contributed by atoms with van der Waals surface area (Å²) in [5, 5.41) is 8.82. The highest BCUT2D eigenvalue weighted by molar-refractivity contribution is 5.81. The molecule has 0 radical (unpaired) electrons. The fourth-order valence-electron chi connectivity index (χ4n) is 1.53.